The van der Waals surface area contributed by atoms with E-state index in [0.29, 0.717) is 13.1 Å². The number of nitrogen functional groups attached to an aromatic ring is 1. The van der Waals surface area contributed by atoms with Crippen molar-refractivity contribution in [2.24, 2.45) is 5.84 Å². The van der Waals surface area contributed by atoms with Gasteiger partial charge in [-0.05, 0) is 0 Å². The average molecular weight is 254 g/mol. The van der Waals surface area contributed by atoms with Gasteiger partial charge in [-0.2, -0.15) is 0 Å². The van der Waals surface area contributed by atoms with E-state index in [9.17, 15) is 9.59 Å². The molecule has 0 aliphatic carbocycles. The van der Waals surface area contributed by atoms with Gasteiger partial charge >= 0.3 is 4.87 Å². The van der Waals surface area contributed by atoms with E-state index >= 15 is 0 Å². The van der Waals surface area contributed by atoms with Crippen molar-refractivity contribution in [1.82, 2.24) is 25.0 Å². The molecule has 3 N–H and O–H groups in total. The van der Waals surface area contributed by atoms with Crippen molar-refractivity contribution < 1.29 is 4.79 Å². The Balaban J connectivity index is 2.00. The lowest BCUT2D eigenvalue weighted by atomic mass is 10.4. The highest BCUT2D eigenvalue weighted by molar-refractivity contribution is 7.07. The number of rotatable bonds is 4. The van der Waals surface area contributed by atoms with Gasteiger partial charge in [0.2, 0.25) is 0 Å². The summed E-state index contributed by atoms with van der Waals surface area (Å²) in [5.41, 5.74) is 2.11. The van der Waals surface area contributed by atoms with E-state index in [1.54, 1.807) is 16.1 Å². The van der Waals surface area contributed by atoms with Gasteiger partial charge < -0.3 is 4.57 Å². The Morgan fingerprint density at radius 1 is 1.53 bits per heavy atom. The molecule has 0 saturated heterocycles. The number of amides is 1. The van der Waals surface area contributed by atoms with Crippen LogP contribution in [0.4, 0.5) is 0 Å². The Morgan fingerprint density at radius 3 is 3.00 bits per heavy atom. The maximum atomic E-state index is 11.3. The lowest BCUT2D eigenvalue weighted by Gasteiger charge is -2.00. The van der Waals surface area contributed by atoms with Crippen molar-refractivity contribution in [2.45, 2.75) is 13.1 Å². The van der Waals surface area contributed by atoms with E-state index in [2.05, 4.69) is 10.3 Å². The molecule has 0 aromatic carbocycles. The van der Waals surface area contributed by atoms with Crippen LogP contribution in [0.3, 0.4) is 0 Å². The molecule has 0 aliphatic rings. The fourth-order valence-corrected chi connectivity index (χ4v) is 1.86. The molecule has 2 aromatic rings. The van der Waals surface area contributed by atoms with Gasteiger partial charge in [0.15, 0.2) is 5.69 Å². The summed E-state index contributed by atoms with van der Waals surface area (Å²) >= 11 is 1.13. The number of aromatic nitrogens is 4. The minimum Gasteiger partial charge on any atom is -0.304 e. The van der Waals surface area contributed by atoms with Gasteiger partial charge in [0.05, 0.1) is 12.7 Å². The Bertz CT molecular complexity index is 570. The number of nitrogens with two attached hydrogens (primary N) is 1. The van der Waals surface area contributed by atoms with Crippen LogP contribution in [0.1, 0.15) is 10.5 Å². The van der Waals surface area contributed by atoms with Gasteiger partial charge in [-0.15, -0.1) is 5.10 Å². The van der Waals surface area contributed by atoms with Crippen LogP contribution in [0.25, 0.3) is 0 Å². The van der Waals surface area contributed by atoms with Gasteiger partial charge in [0.1, 0.15) is 0 Å². The molecular formula is C8H10N6O2S. The van der Waals surface area contributed by atoms with E-state index < -0.39 is 5.91 Å². The first-order valence-electron chi connectivity index (χ1n) is 4.75. The SMILES string of the molecule is NNC(=O)c1cn(CCn2ccsc2=O)nn1. The second-order valence-corrected chi connectivity index (χ2v) is 4.06. The Kier molecular flexibility index (Phi) is 3.30. The molecule has 0 radical (unpaired) electrons. The number of nitrogens with zero attached hydrogens (tertiary/aromatic N) is 4. The van der Waals surface area contributed by atoms with E-state index in [4.69, 9.17) is 5.84 Å². The molecule has 8 nitrogen and oxygen atoms in total. The van der Waals surface area contributed by atoms with Crippen molar-refractivity contribution in [3.8, 4) is 0 Å². The summed E-state index contributed by atoms with van der Waals surface area (Å²) in [4.78, 5) is 22.3. The lowest BCUT2D eigenvalue weighted by molar-refractivity contribution is 0.0948. The van der Waals surface area contributed by atoms with E-state index in [-0.39, 0.29) is 10.6 Å². The highest BCUT2D eigenvalue weighted by atomic mass is 32.1. The quantitative estimate of drug-likeness (QED) is 0.405. The van der Waals surface area contributed by atoms with Crippen LogP contribution < -0.4 is 16.1 Å². The van der Waals surface area contributed by atoms with Gasteiger partial charge in [-0.1, -0.05) is 16.6 Å². The third kappa shape index (κ3) is 2.57. The predicted octanol–water partition coefficient (Wildman–Crippen LogP) is -1.20. The average Bonchev–Trinajstić information content (AvgIpc) is 2.94. The van der Waals surface area contributed by atoms with Gasteiger partial charge in [0, 0.05) is 18.1 Å². The first-order valence-corrected chi connectivity index (χ1v) is 5.63. The third-order valence-electron chi connectivity index (χ3n) is 2.12. The minimum atomic E-state index is -0.496. The third-order valence-corrected chi connectivity index (χ3v) is 2.81. The molecule has 0 spiro atoms. The lowest BCUT2D eigenvalue weighted by Crippen LogP contribution is -2.30. The molecule has 0 bridgehead atoms. The van der Waals surface area contributed by atoms with E-state index in [0.717, 1.165) is 11.3 Å². The van der Waals surface area contributed by atoms with Crippen molar-refractivity contribution in [3.63, 3.8) is 0 Å². The monoisotopic (exact) mass is 254 g/mol. The summed E-state index contributed by atoms with van der Waals surface area (Å²) in [7, 11) is 0. The number of carbonyl (C=O) groups is 1. The zero-order chi connectivity index (χ0) is 12.3. The van der Waals surface area contributed by atoms with Crippen LogP contribution in [0.15, 0.2) is 22.6 Å². The van der Waals surface area contributed by atoms with Gasteiger partial charge in [-0.25, -0.2) is 10.5 Å². The largest absolute Gasteiger partial charge is 0.307 e. The smallest absolute Gasteiger partial charge is 0.304 e. The van der Waals surface area contributed by atoms with Gasteiger partial charge in [-0.3, -0.25) is 15.0 Å². The van der Waals surface area contributed by atoms with Crippen LogP contribution in [-0.4, -0.2) is 25.5 Å². The molecule has 2 rings (SSSR count). The standard InChI is InChI=1S/C8H10N6O2S/c9-10-7(15)6-5-14(12-11-6)2-1-13-3-4-17-8(13)16/h3-5H,1-2,9H2,(H,10,15). The molecule has 90 valence electrons. The number of hydrazine groups is 1. The van der Waals surface area contributed by atoms with Crippen LogP contribution >= 0.6 is 11.3 Å². The molecule has 1 amide bonds. The number of thiazole rings is 1. The molecule has 0 atom stereocenters. The highest BCUT2D eigenvalue weighted by Gasteiger charge is 2.08. The van der Waals surface area contributed by atoms with Crippen molar-refractivity contribution in [3.05, 3.63) is 33.1 Å². The Morgan fingerprint density at radius 2 is 2.35 bits per heavy atom. The second-order valence-electron chi connectivity index (χ2n) is 3.20. The molecule has 9 heteroatoms. The maximum absolute atomic E-state index is 11.3. The Labute approximate surface area is 99.6 Å². The summed E-state index contributed by atoms with van der Waals surface area (Å²) in [6.45, 7) is 0.941. The van der Waals surface area contributed by atoms with Crippen LogP contribution in [0.5, 0.6) is 0 Å². The van der Waals surface area contributed by atoms with Crippen LogP contribution in [0, 0.1) is 0 Å². The number of carbonyl (C=O) groups excluding carboxylic acids is 1. The summed E-state index contributed by atoms with van der Waals surface area (Å²) in [5, 5.41) is 9.12. The van der Waals surface area contributed by atoms with Crippen LogP contribution in [0.2, 0.25) is 0 Å². The van der Waals surface area contributed by atoms with Crippen molar-refractivity contribution in [2.75, 3.05) is 0 Å². The summed E-state index contributed by atoms with van der Waals surface area (Å²) in [6, 6.07) is 0. The molecule has 0 fully saturated rings. The van der Waals surface area contributed by atoms with E-state index in [1.807, 2.05) is 5.43 Å². The van der Waals surface area contributed by atoms with Crippen molar-refractivity contribution in [1.29, 1.82) is 0 Å². The first-order chi connectivity index (χ1) is 8.20. The molecule has 0 unspecified atom stereocenters. The van der Waals surface area contributed by atoms with Crippen molar-refractivity contribution >= 4 is 17.2 Å². The first kappa shape index (κ1) is 11.5. The number of nitrogens with one attached hydrogen (secondary N) is 1. The second kappa shape index (κ2) is 4.89. The topological polar surface area (TPSA) is 108 Å². The molecule has 2 heterocycles. The zero-order valence-corrected chi connectivity index (χ0v) is 9.55. The predicted molar refractivity (Wildman–Crippen MR) is 60.3 cm³/mol. The summed E-state index contributed by atoms with van der Waals surface area (Å²) in [5.74, 6) is 4.47. The normalized spacial score (nSPS) is 10.4. The fourth-order valence-electron chi connectivity index (χ4n) is 1.25. The number of hydrogen-bond donors (Lipinski definition) is 2. The maximum Gasteiger partial charge on any atom is 0.307 e. The molecule has 2 aromatic heterocycles. The minimum absolute atomic E-state index is 0.0231. The van der Waals surface area contributed by atoms with Gasteiger partial charge in [0.25, 0.3) is 5.91 Å². The fraction of sp³-hybridized carbons (Fsp3) is 0.250. The van der Waals surface area contributed by atoms with Crippen LogP contribution in [-0.2, 0) is 13.1 Å². The molecular weight excluding hydrogens is 244 g/mol. The molecule has 0 saturated carbocycles. The van der Waals surface area contributed by atoms with E-state index in [1.165, 1.54) is 10.9 Å². The molecule has 17 heavy (non-hydrogen) atoms. The summed E-state index contributed by atoms with van der Waals surface area (Å²) < 4.78 is 3.05. The number of hydrogen-bond acceptors (Lipinski definition) is 6. The zero-order valence-electron chi connectivity index (χ0n) is 8.74. The highest BCUT2D eigenvalue weighted by Crippen LogP contribution is 1.95. The summed E-state index contributed by atoms with van der Waals surface area (Å²) in [6.07, 6.45) is 3.18. The number of aryl methyl sites for hydroxylation is 2. The Hall–Kier alpha value is -2.00. The molecule has 0 aliphatic heterocycles.